The van der Waals surface area contributed by atoms with E-state index < -0.39 is 0 Å². The number of phenols is 1. The Morgan fingerprint density at radius 1 is 1.37 bits per heavy atom. The van der Waals surface area contributed by atoms with Gasteiger partial charge in [-0.25, -0.2) is 0 Å². The third-order valence-corrected chi connectivity index (χ3v) is 4.03. The maximum Gasteiger partial charge on any atom is 0.227 e. The number of aromatic hydroxyl groups is 1. The molecule has 0 aliphatic rings. The number of benzene rings is 1. The van der Waals surface area contributed by atoms with Crippen LogP contribution in [-0.4, -0.2) is 23.0 Å². The molecule has 1 amide bonds. The second-order valence-electron chi connectivity index (χ2n) is 4.55. The number of nitrogens with zero attached hydrogens (tertiary/aromatic N) is 1. The Labute approximate surface area is 117 Å². The van der Waals surface area contributed by atoms with Gasteiger partial charge in [-0.2, -0.15) is 11.3 Å². The number of carbonyl (C=O) groups excluding carboxylic acids is 1. The molecule has 0 saturated heterocycles. The number of amides is 1. The fraction of sp³-hybridized carbons (Fsp3) is 0.267. The van der Waals surface area contributed by atoms with Gasteiger partial charge in [0.25, 0.3) is 0 Å². The smallest absolute Gasteiger partial charge is 0.227 e. The number of para-hydroxylation sites is 1. The summed E-state index contributed by atoms with van der Waals surface area (Å²) in [7, 11) is 1.77. The molecule has 2 rings (SSSR count). The van der Waals surface area contributed by atoms with Crippen LogP contribution in [0.1, 0.15) is 24.1 Å². The Kier molecular flexibility index (Phi) is 4.22. The van der Waals surface area contributed by atoms with Gasteiger partial charge in [0.1, 0.15) is 5.75 Å². The Balaban J connectivity index is 2.09. The van der Waals surface area contributed by atoms with E-state index >= 15 is 0 Å². The second-order valence-corrected chi connectivity index (χ2v) is 5.33. The first kappa shape index (κ1) is 13.6. The van der Waals surface area contributed by atoms with Gasteiger partial charge in [0, 0.05) is 12.6 Å². The minimum Gasteiger partial charge on any atom is -0.508 e. The molecule has 0 spiro atoms. The summed E-state index contributed by atoms with van der Waals surface area (Å²) in [5, 5.41) is 13.8. The lowest BCUT2D eigenvalue weighted by molar-refractivity contribution is -0.131. The summed E-state index contributed by atoms with van der Waals surface area (Å²) >= 11 is 1.59. The Morgan fingerprint density at radius 2 is 2.11 bits per heavy atom. The van der Waals surface area contributed by atoms with Crippen LogP contribution in [0, 0.1) is 0 Å². The predicted octanol–water partition coefficient (Wildman–Crippen LogP) is 3.22. The molecule has 0 aliphatic heterocycles. The van der Waals surface area contributed by atoms with Crippen molar-refractivity contribution >= 4 is 17.2 Å². The van der Waals surface area contributed by atoms with Crippen molar-refractivity contribution in [3.8, 4) is 5.75 Å². The highest BCUT2D eigenvalue weighted by Gasteiger charge is 2.19. The molecule has 2 aromatic rings. The number of carbonyl (C=O) groups is 1. The van der Waals surface area contributed by atoms with Crippen LogP contribution < -0.4 is 0 Å². The molecular weight excluding hydrogens is 258 g/mol. The van der Waals surface area contributed by atoms with Crippen molar-refractivity contribution in [3.05, 3.63) is 52.2 Å². The topological polar surface area (TPSA) is 40.5 Å². The van der Waals surface area contributed by atoms with Gasteiger partial charge >= 0.3 is 0 Å². The number of phenolic OH excluding ortho intramolecular Hbond substituents is 1. The summed E-state index contributed by atoms with van der Waals surface area (Å²) in [4.78, 5) is 13.9. The highest BCUT2D eigenvalue weighted by atomic mass is 32.1. The van der Waals surface area contributed by atoms with E-state index in [4.69, 9.17) is 0 Å². The molecule has 0 aliphatic carbocycles. The van der Waals surface area contributed by atoms with Crippen molar-refractivity contribution < 1.29 is 9.90 Å². The highest BCUT2D eigenvalue weighted by Crippen LogP contribution is 2.27. The standard InChI is InChI=1S/C15H17NO2S/c1-11(13-5-3-4-6-14(13)17)16(2)15(18)9-12-7-8-19-10-12/h3-8,10-11,17H,9H2,1-2H3. The number of thiophene rings is 1. The first-order valence-corrected chi connectivity index (χ1v) is 7.08. The molecule has 1 aromatic heterocycles. The molecule has 1 heterocycles. The zero-order valence-electron chi connectivity index (χ0n) is 11.0. The van der Waals surface area contributed by atoms with Gasteiger partial charge in [-0.15, -0.1) is 0 Å². The first-order chi connectivity index (χ1) is 9.09. The monoisotopic (exact) mass is 275 g/mol. The highest BCUT2D eigenvalue weighted by molar-refractivity contribution is 7.07. The van der Waals surface area contributed by atoms with E-state index in [9.17, 15) is 9.90 Å². The Hall–Kier alpha value is -1.81. The van der Waals surface area contributed by atoms with Crippen LogP contribution in [0.3, 0.4) is 0 Å². The van der Waals surface area contributed by atoms with E-state index in [2.05, 4.69) is 0 Å². The molecule has 1 N–H and O–H groups in total. The van der Waals surface area contributed by atoms with Crippen molar-refractivity contribution in [2.24, 2.45) is 0 Å². The zero-order chi connectivity index (χ0) is 13.8. The minimum absolute atomic E-state index is 0.0501. The Bertz CT molecular complexity index is 551. The summed E-state index contributed by atoms with van der Waals surface area (Å²) in [6, 6.07) is 8.94. The summed E-state index contributed by atoms with van der Waals surface area (Å²) in [5.74, 6) is 0.277. The van der Waals surface area contributed by atoms with Crippen LogP contribution in [0.4, 0.5) is 0 Å². The molecule has 4 heteroatoms. The lowest BCUT2D eigenvalue weighted by atomic mass is 10.1. The molecule has 1 atom stereocenters. The van der Waals surface area contributed by atoms with Crippen LogP contribution in [0.15, 0.2) is 41.1 Å². The van der Waals surface area contributed by atoms with Crippen LogP contribution in [-0.2, 0) is 11.2 Å². The SMILES string of the molecule is CC(c1ccccc1O)N(C)C(=O)Cc1ccsc1. The molecule has 0 fully saturated rings. The van der Waals surface area contributed by atoms with Gasteiger partial charge in [0.05, 0.1) is 12.5 Å². The van der Waals surface area contributed by atoms with Gasteiger partial charge in [-0.1, -0.05) is 18.2 Å². The quantitative estimate of drug-likeness (QED) is 0.930. The summed E-state index contributed by atoms with van der Waals surface area (Å²) < 4.78 is 0. The summed E-state index contributed by atoms with van der Waals surface area (Å²) in [5.41, 5.74) is 1.80. The lowest BCUT2D eigenvalue weighted by Crippen LogP contribution is -2.30. The van der Waals surface area contributed by atoms with Gasteiger partial charge in [-0.3, -0.25) is 4.79 Å². The predicted molar refractivity (Wildman–Crippen MR) is 77.3 cm³/mol. The van der Waals surface area contributed by atoms with Crippen molar-refractivity contribution in [2.45, 2.75) is 19.4 Å². The molecule has 100 valence electrons. The largest absolute Gasteiger partial charge is 0.508 e. The first-order valence-electron chi connectivity index (χ1n) is 6.14. The third kappa shape index (κ3) is 3.15. The second kappa shape index (κ2) is 5.89. The molecular formula is C15H17NO2S. The van der Waals surface area contributed by atoms with E-state index in [1.54, 1.807) is 35.4 Å². The number of hydrogen-bond acceptors (Lipinski definition) is 3. The van der Waals surface area contributed by atoms with E-state index in [1.807, 2.05) is 35.9 Å². The van der Waals surface area contributed by atoms with Gasteiger partial charge in [-0.05, 0) is 35.4 Å². The molecule has 3 nitrogen and oxygen atoms in total. The zero-order valence-corrected chi connectivity index (χ0v) is 11.9. The lowest BCUT2D eigenvalue weighted by Gasteiger charge is -2.25. The average molecular weight is 275 g/mol. The van der Waals surface area contributed by atoms with Gasteiger partial charge in [0.15, 0.2) is 0 Å². The molecule has 0 radical (unpaired) electrons. The fourth-order valence-electron chi connectivity index (χ4n) is 1.96. The molecule has 19 heavy (non-hydrogen) atoms. The van der Waals surface area contributed by atoms with Crippen LogP contribution in [0.25, 0.3) is 0 Å². The summed E-state index contributed by atoms with van der Waals surface area (Å²) in [6.45, 7) is 1.92. The number of likely N-dealkylation sites (N-methyl/N-ethyl adjacent to an activating group) is 1. The van der Waals surface area contributed by atoms with Crippen molar-refractivity contribution in [1.82, 2.24) is 4.90 Å². The maximum absolute atomic E-state index is 12.2. The van der Waals surface area contributed by atoms with Gasteiger partial charge in [0.2, 0.25) is 5.91 Å². The molecule has 1 aromatic carbocycles. The fourth-order valence-corrected chi connectivity index (χ4v) is 2.63. The minimum atomic E-state index is -0.146. The molecule has 0 bridgehead atoms. The van der Waals surface area contributed by atoms with E-state index in [0.29, 0.717) is 6.42 Å². The van der Waals surface area contributed by atoms with Crippen LogP contribution >= 0.6 is 11.3 Å². The van der Waals surface area contributed by atoms with E-state index in [-0.39, 0.29) is 17.7 Å². The van der Waals surface area contributed by atoms with E-state index in [1.165, 1.54) is 0 Å². The van der Waals surface area contributed by atoms with Gasteiger partial charge < -0.3 is 10.0 Å². The molecule has 1 unspecified atom stereocenters. The Morgan fingerprint density at radius 3 is 2.74 bits per heavy atom. The van der Waals surface area contributed by atoms with Crippen molar-refractivity contribution in [1.29, 1.82) is 0 Å². The van der Waals surface area contributed by atoms with Crippen LogP contribution in [0.2, 0.25) is 0 Å². The normalized spacial score (nSPS) is 12.1. The average Bonchev–Trinajstić information content (AvgIpc) is 2.90. The summed E-state index contributed by atoms with van der Waals surface area (Å²) in [6.07, 6.45) is 0.401. The number of rotatable bonds is 4. The van der Waals surface area contributed by atoms with E-state index in [0.717, 1.165) is 11.1 Å². The number of hydrogen-bond donors (Lipinski definition) is 1. The maximum atomic E-state index is 12.2. The third-order valence-electron chi connectivity index (χ3n) is 3.30. The van der Waals surface area contributed by atoms with Crippen molar-refractivity contribution in [2.75, 3.05) is 7.05 Å². The van der Waals surface area contributed by atoms with Crippen molar-refractivity contribution in [3.63, 3.8) is 0 Å². The van der Waals surface area contributed by atoms with Crippen LogP contribution in [0.5, 0.6) is 5.75 Å². The molecule has 0 saturated carbocycles.